The van der Waals surface area contributed by atoms with Crippen LogP contribution >= 0.6 is 0 Å². The van der Waals surface area contributed by atoms with Crippen molar-refractivity contribution in [3.8, 4) is 17.0 Å². The molecule has 2 N–H and O–H groups in total. The molecule has 0 atom stereocenters. The predicted octanol–water partition coefficient (Wildman–Crippen LogP) is 2.94. The Bertz CT molecular complexity index is 800. The van der Waals surface area contributed by atoms with Crippen LogP contribution in [0.25, 0.3) is 11.3 Å². The first-order chi connectivity index (χ1) is 10.6. The largest absolute Gasteiger partial charge is 0.507 e. The fourth-order valence-electron chi connectivity index (χ4n) is 2.18. The van der Waals surface area contributed by atoms with Crippen LogP contribution in [-0.4, -0.2) is 19.9 Å². The normalized spacial score (nSPS) is 10.6. The van der Waals surface area contributed by atoms with Crippen LogP contribution in [-0.2, 0) is 13.6 Å². The molecule has 0 saturated heterocycles. The van der Waals surface area contributed by atoms with Gasteiger partial charge in [-0.2, -0.15) is 5.10 Å². The summed E-state index contributed by atoms with van der Waals surface area (Å²) in [6.45, 7) is 0.336. The summed E-state index contributed by atoms with van der Waals surface area (Å²) < 4.78 is 14.7. The number of nitrogens with zero attached hydrogens (tertiary/aromatic N) is 3. The van der Waals surface area contributed by atoms with Crippen molar-refractivity contribution in [3.63, 3.8) is 0 Å². The van der Waals surface area contributed by atoms with Crippen molar-refractivity contribution in [3.05, 3.63) is 60.2 Å². The SMILES string of the molecule is Cn1ccc(-c2cccnc2NCc2ccc(F)cc2O)n1. The molecule has 0 unspecified atom stereocenters. The van der Waals surface area contributed by atoms with E-state index in [1.54, 1.807) is 16.9 Å². The standard InChI is InChI=1S/C16H15FN4O/c1-21-8-6-14(20-21)13-3-2-7-18-16(13)19-10-11-4-5-12(17)9-15(11)22/h2-9,22H,10H2,1H3,(H,18,19). The van der Waals surface area contributed by atoms with Crippen molar-refractivity contribution < 1.29 is 9.50 Å². The van der Waals surface area contributed by atoms with Crippen molar-refractivity contribution in [2.75, 3.05) is 5.32 Å². The Labute approximate surface area is 127 Å². The van der Waals surface area contributed by atoms with E-state index in [0.29, 0.717) is 17.9 Å². The van der Waals surface area contributed by atoms with Gasteiger partial charge in [0.05, 0.1) is 5.69 Å². The topological polar surface area (TPSA) is 63.0 Å². The van der Waals surface area contributed by atoms with Gasteiger partial charge in [0.2, 0.25) is 0 Å². The van der Waals surface area contributed by atoms with Crippen LogP contribution in [0, 0.1) is 5.82 Å². The monoisotopic (exact) mass is 298 g/mol. The Balaban J connectivity index is 1.84. The predicted molar refractivity (Wildman–Crippen MR) is 81.8 cm³/mol. The van der Waals surface area contributed by atoms with Gasteiger partial charge in [-0.05, 0) is 24.3 Å². The average Bonchev–Trinajstić information content (AvgIpc) is 2.93. The lowest BCUT2D eigenvalue weighted by molar-refractivity contribution is 0.463. The number of rotatable bonds is 4. The first-order valence-corrected chi connectivity index (χ1v) is 6.80. The zero-order chi connectivity index (χ0) is 15.5. The number of anilines is 1. The minimum atomic E-state index is -0.465. The van der Waals surface area contributed by atoms with Gasteiger partial charge in [0.15, 0.2) is 0 Å². The molecule has 0 spiro atoms. The highest BCUT2D eigenvalue weighted by molar-refractivity contribution is 5.72. The Morgan fingerprint density at radius 1 is 1.27 bits per heavy atom. The Kier molecular flexibility index (Phi) is 3.74. The maximum Gasteiger partial charge on any atom is 0.135 e. The fourth-order valence-corrected chi connectivity index (χ4v) is 2.18. The maximum absolute atomic E-state index is 13.0. The summed E-state index contributed by atoms with van der Waals surface area (Å²) in [7, 11) is 1.85. The Hall–Kier alpha value is -2.89. The second kappa shape index (κ2) is 5.85. The number of pyridine rings is 1. The smallest absolute Gasteiger partial charge is 0.135 e. The quantitative estimate of drug-likeness (QED) is 0.777. The molecule has 2 heterocycles. The minimum Gasteiger partial charge on any atom is -0.507 e. The number of aromatic hydroxyl groups is 1. The van der Waals surface area contributed by atoms with Gasteiger partial charge in [0.1, 0.15) is 17.4 Å². The summed E-state index contributed by atoms with van der Waals surface area (Å²) in [5.41, 5.74) is 2.27. The van der Waals surface area contributed by atoms with E-state index in [1.807, 2.05) is 31.4 Å². The number of aryl methyl sites for hydroxylation is 1. The molecular formula is C16H15FN4O. The lowest BCUT2D eigenvalue weighted by atomic mass is 10.1. The third kappa shape index (κ3) is 2.90. The van der Waals surface area contributed by atoms with Gasteiger partial charge in [-0.25, -0.2) is 9.37 Å². The number of hydrogen-bond acceptors (Lipinski definition) is 4. The lowest BCUT2D eigenvalue weighted by Crippen LogP contribution is -2.03. The summed E-state index contributed by atoms with van der Waals surface area (Å²) in [5, 5.41) is 17.3. The van der Waals surface area contributed by atoms with Crippen LogP contribution in [0.15, 0.2) is 48.8 Å². The zero-order valence-corrected chi connectivity index (χ0v) is 12.0. The van der Waals surface area contributed by atoms with Gasteiger partial charge < -0.3 is 10.4 Å². The number of aromatic nitrogens is 3. The van der Waals surface area contributed by atoms with Gasteiger partial charge in [-0.15, -0.1) is 0 Å². The van der Waals surface area contributed by atoms with Crippen molar-refractivity contribution in [2.24, 2.45) is 7.05 Å². The van der Waals surface area contributed by atoms with Gasteiger partial charge >= 0.3 is 0 Å². The summed E-state index contributed by atoms with van der Waals surface area (Å²) in [5.74, 6) is 0.112. The molecule has 22 heavy (non-hydrogen) atoms. The average molecular weight is 298 g/mol. The number of phenolic OH excluding ortho intramolecular Hbond substituents is 1. The Morgan fingerprint density at radius 2 is 2.14 bits per heavy atom. The molecule has 5 nitrogen and oxygen atoms in total. The second-order valence-electron chi connectivity index (χ2n) is 4.90. The third-order valence-electron chi connectivity index (χ3n) is 3.29. The van der Waals surface area contributed by atoms with E-state index in [1.165, 1.54) is 6.07 Å². The molecule has 0 aliphatic heterocycles. The molecule has 0 fully saturated rings. The maximum atomic E-state index is 13.0. The zero-order valence-electron chi connectivity index (χ0n) is 12.0. The van der Waals surface area contributed by atoms with Crippen LogP contribution in [0.3, 0.4) is 0 Å². The summed E-state index contributed by atoms with van der Waals surface area (Å²) >= 11 is 0. The lowest BCUT2D eigenvalue weighted by Gasteiger charge is -2.10. The van der Waals surface area contributed by atoms with Crippen molar-refractivity contribution >= 4 is 5.82 Å². The molecule has 3 rings (SSSR count). The molecule has 0 aliphatic rings. The summed E-state index contributed by atoms with van der Waals surface area (Å²) in [6.07, 6.45) is 3.54. The molecular weight excluding hydrogens is 283 g/mol. The summed E-state index contributed by atoms with van der Waals surface area (Å²) in [6, 6.07) is 9.61. The first-order valence-electron chi connectivity index (χ1n) is 6.80. The highest BCUT2D eigenvalue weighted by atomic mass is 19.1. The second-order valence-corrected chi connectivity index (χ2v) is 4.90. The number of halogens is 1. The van der Waals surface area contributed by atoms with Crippen LogP contribution < -0.4 is 5.32 Å². The first kappa shape index (κ1) is 14.1. The third-order valence-corrected chi connectivity index (χ3v) is 3.29. The van der Waals surface area contributed by atoms with Gasteiger partial charge in [0.25, 0.3) is 0 Å². The van der Waals surface area contributed by atoms with Crippen molar-refractivity contribution in [2.45, 2.75) is 6.54 Å². The van der Waals surface area contributed by atoms with E-state index >= 15 is 0 Å². The highest BCUT2D eigenvalue weighted by Gasteiger charge is 2.09. The van der Waals surface area contributed by atoms with E-state index in [9.17, 15) is 9.50 Å². The molecule has 1 aromatic carbocycles. The summed E-state index contributed by atoms with van der Waals surface area (Å²) in [4.78, 5) is 4.31. The molecule has 0 saturated carbocycles. The number of hydrogen-bond donors (Lipinski definition) is 2. The highest BCUT2D eigenvalue weighted by Crippen LogP contribution is 2.25. The molecule has 0 amide bonds. The van der Waals surface area contributed by atoms with Gasteiger partial charge in [-0.1, -0.05) is 6.07 Å². The molecule has 3 aromatic rings. The molecule has 0 bridgehead atoms. The van der Waals surface area contributed by atoms with Crippen LogP contribution in [0.1, 0.15) is 5.56 Å². The van der Waals surface area contributed by atoms with E-state index in [-0.39, 0.29) is 5.75 Å². The number of phenols is 1. The van der Waals surface area contributed by atoms with E-state index in [2.05, 4.69) is 15.4 Å². The van der Waals surface area contributed by atoms with E-state index < -0.39 is 5.82 Å². The molecule has 2 aromatic heterocycles. The number of nitrogens with one attached hydrogen (secondary N) is 1. The number of benzene rings is 1. The van der Waals surface area contributed by atoms with Crippen molar-refractivity contribution in [1.82, 2.24) is 14.8 Å². The molecule has 0 aliphatic carbocycles. The fraction of sp³-hybridized carbons (Fsp3) is 0.125. The van der Waals surface area contributed by atoms with Crippen LogP contribution in [0.4, 0.5) is 10.2 Å². The van der Waals surface area contributed by atoms with Crippen molar-refractivity contribution in [1.29, 1.82) is 0 Å². The van der Waals surface area contributed by atoms with Gasteiger partial charge in [0, 0.05) is 43.2 Å². The molecule has 112 valence electrons. The molecule has 0 radical (unpaired) electrons. The van der Waals surface area contributed by atoms with E-state index in [4.69, 9.17) is 0 Å². The van der Waals surface area contributed by atoms with E-state index in [0.717, 1.165) is 17.3 Å². The van der Waals surface area contributed by atoms with Gasteiger partial charge in [-0.3, -0.25) is 4.68 Å². The Morgan fingerprint density at radius 3 is 2.86 bits per heavy atom. The minimum absolute atomic E-state index is 0.0807. The van der Waals surface area contributed by atoms with Crippen LogP contribution in [0.5, 0.6) is 5.75 Å². The molecule has 6 heteroatoms. The van der Waals surface area contributed by atoms with Crippen LogP contribution in [0.2, 0.25) is 0 Å².